The van der Waals surface area contributed by atoms with Crippen LogP contribution in [0.25, 0.3) is 11.1 Å². The number of rotatable bonds is 7. The van der Waals surface area contributed by atoms with Crippen molar-refractivity contribution in [2.45, 2.75) is 25.9 Å². The summed E-state index contributed by atoms with van der Waals surface area (Å²) in [5, 5.41) is 3.59. The van der Waals surface area contributed by atoms with Crippen molar-refractivity contribution in [3.63, 3.8) is 0 Å². The number of amides is 1. The summed E-state index contributed by atoms with van der Waals surface area (Å²) in [6.07, 6.45) is 0.984. The molecular weight excluding hydrogens is 504 g/mol. The van der Waals surface area contributed by atoms with E-state index in [1.165, 1.54) is 24.0 Å². The number of thiophene rings is 1. The number of carbonyl (C=O) groups excluding carboxylic acids is 2. The molecule has 1 amide bonds. The van der Waals surface area contributed by atoms with Crippen LogP contribution in [-0.4, -0.2) is 30.4 Å². The average Bonchev–Trinajstić information content (AvgIpc) is 3.26. The van der Waals surface area contributed by atoms with E-state index in [1.807, 2.05) is 60.7 Å². The average molecular weight is 533 g/mol. The molecule has 0 saturated heterocycles. The third kappa shape index (κ3) is 6.28. The van der Waals surface area contributed by atoms with Crippen LogP contribution in [0.4, 0.5) is 5.00 Å². The van der Waals surface area contributed by atoms with E-state index in [-0.39, 0.29) is 24.7 Å². The molecule has 0 unspecified atom stereocenters. The maximum absolute atomic E-state index is 13.0. The van der Waals surface area contributed by atoms with Crippen molar-refractivity contribution in [2.75, 3.05) is 19.0 Å². The highest BCUT2D eigenvalue weighted by Crippen LogP contribution is 2.38. The molecule has 5 rings (SSSR count). The maximum atomic E-state index is 13.0. The van der Waals surface area contributed by atoms with Crippen molar-refractivity contribution in [2.24, 2.45) is 0 Å². The fraction of sp³-hybridized carbons (Fsp3) is 0.200. The fourth-order valence-corrected chi connectivity index (χ4v) is 5.94. The molecule has 0 bridgehead atoms. The number of fused-ring (bicyclic) bond motifs is 1. The summed E-state index contributed by atoms with van der Waals surface area (Å²) in [6.45, 7) is 2.45. The zero-order valence-electron chi connectivity index (χ0n) is 20.6. The Bertz CT molecular complexity index is 1360. The zero-order chi connectivity index (χ0) is 24.9. The van der Waals surface area contributed by atoms with Crippen molar-refractivity contribution in [1.29, 1.82) is 0 Å². The smallest absolute Gasteiger partial charge is 0.341 e. The Labute approximate surface area is 227 Å². The first-order chi connectivity index (χ1) is 17.6. The molecule has 190 valence electrons. The highest BCUT2D eigenvalue weighted by molar-refractivity contribution is 7.17. The van der Waals surface area contributed by atoms with Crippen molar-refractivity contribution in [3.8, 4) is 11.1 Å². The van der Waals surface area contributed by atoms with Crippen molar-refractivity contribution < 1.29 is 14.3 Å². The predicted octanol–water partition coefficient (Wildman–Crippen LogP) is 6.36. The number of methoxy groups -OCH3 is 1. The van der Waals surface area contributed by atoms with Gasteiger partial charge in [0.25, 0.3) is 0 Å². The minimum Gasteiger partial charge on any atom is -0.465 e. The molecular formula is C30H29ClN2O3S. The van der Waals surface area contributed by atoms with Gasteiger partial charge < -0.3 is 10.1 Å². The normalized spacial score (nSPS) is 12.8. The first-order valence-electron chi connectivity index (χ1n) is 12.0. The van der Waals surface area contributed by atoms with E-state index >= 15 is 0 Å². The lowest BCUT2D eigenvalue weighted by molar-refractivity contribution is -0.115. The second-order valence-corrected chi connectivity index (χ2v) is 10.0. The van der Waals surface area contributed by atoms with Crippen LogP contribution in [0.3, 0.4) is 0 Å². The van der Waals surface area contributed by atoms with E-state index in [1.54, 1.807) is 0 Å². The Balaban J connectivity index is 0.00000320. The van der Waals surface area contributed by atoms with Gasteiger partial charge in [-0.25, -0.2) is 4.79 Å². The second-order valence-electron chi connectivity index (χ2n) is 8.93. The van der Waals surface area contributed by atoms with E-state index in [4.69, 9.17) is 4.74 Å². The van der Waals surface area contributed by atoms with E-state index in [2.05, 4.69) is 34.5 Å². The number of nitrogens with zero attached hydrogens (tertiary/aromatic N) is 1. The monoisotopic (exact) mass is 532 g/mol. The Morgan fingerprint density at radius 3 is 2.22 bits per heavy atom. The molecule has 1 aliphatic rings. The van der Waals surface area contributed by atoms with Crippen molar-refractivity contribution in [3.05, 3.63) is 112 Å². The first kappa shape index (κ1) is 26.6. The molecule has 1 aromatic heterocycles. The van der Waals surface area contributed by atoms with Gasteiger partial charge in [0.05, 0.1) is 19.1 Å². The van der Waals surface area contributed by atoms with Gasteiger partial charge in [0.1, 0.15) is 5.00 Å². The van der Waals surface area contributed by atoms with Crippen LogP contribution in [-0.2, 0) is 35.5 Å². The standard InChI is InChI=1S/C30H28N2O3S.ClH/c1-35-30(34)28-25-16-17-32(19-22-8-4-2-5-9-22)20-26(25)36-29(28)31-27(33)18-21-12-14-24(15-13-21)23-10-6-3-7-11-23;/h2-15H,16-20H2,1H3,(H,31,33);1H. The molecule has 1 aliphatic heterocycles. The maximum Gasteiger partial charge on any atom is 0.341 e. The molecule has 2 heterocycles. The number of esters is 1. The van der Waals surface area contributed by atoms with Gasteiger partial charge in [-0.3, -0.25) is 9.69 Å². The fourth-order valence-electron chi connectivity index (χ4n) is 4.64. The minimum atomic E-state index is -0.397. The number of halogens is 1. The van der Waals surface area contributed by atoms with E-state index in [0.29, 0.717) is 10.6 Å². The van der Waals surface area contributed by atoms with Crippen molar-refractivity contribution >= 4 is 40.6 Å². The number of nitrogens with one attached hydrogen (secondary N) is 1. The summed E-state index contributed by atoms with van der Waals surface area (Å²) in [4.78, 5) is 29.1. The predicted molar refractivity (Wildman–Crippen MR) is 151 cm³/mol. The molecule has 37 heavy (non-hydrogen) atoms. The van der Waals surface area contributed by atoms with Gasteiger partial charge in [-0.05, 0) is 34.2 Å². The molecule has 0 radical (unpaired) electrons. The van der Waals surface area contributed by atoms with E-state index in [0.717, 1.165) is 53.2 Å². The molecule has 0 saturated carbocycles. The SMILES string of the molecule is COC(=O)c1c(NC(=O)Cc2ccc(-c3ccccc3)cc2)sc2c1CCN(Cc1ccccc1)C2.Cl. The van der Waals surface area contributed by atoms with Gasteiger partial charge >= 0.3 is 5.97 Å². The van der Waals surface area contributed by atoms with Gasteiger partial charge in [0.15, 0.2) is 0 Å². The quantitative estimate of drug-likeness (QED) is 0.281. The van der Waals surface area contributed by atoms with Gasteiger partial charge in [-0.1, -0.05) is 84.9 Å². The summed E-state index contributed by atoms with van der Waals surface area (Å²) >= 11 is 1.48. The number of ether oxygens (including phenoxy) is 1. The summed E-state index contributed by atoms with van der Waals surface area (Å²) in [7, 11) is 1.39. The molecule has 0 aliphatic carbocycles. The summed E-state index contributed by atoms with van der Waals surface area (Å²) in [5.74, 6) is -0.543. The molecule has 0 fully saturated rings. The summed E-state index contributed by atoms with van der Waals surface area (Å²) in [6, 6.07) is 28.5. The third-order valence-electron chi connectivity index (χ3n) is 6.45. The Morgan fingerprint density at radius 2 is 1.54 bits per heavy atom. The van der Waals surface area contributed by atoms with Crippen molar-refractivity contribution in [1.82, 2.24) is 4.90 Å². The zero-order valence-corrected chi connectivity index (χ0v) is 22.2. The number of benzene rings is 3. The molecule has 4 aromatic rings. The molecule has 0 atom stereocenters. The highest BCUT2D eigenvalue weighted by atomic mass is 35.5. The lowest BCUT2D eigenvalue weighted by Crippen LogP contribution is -2.29. The largest absolute Gasteiger partial charge is 0.465 e. The minimum absolute atomic E-state index is 0. The highest BCUT2D eigenvalue weighted by Gasteiger charge is 2.29. The van der Waals surface area contributed by atoms with Crippen LogP contribution in [0.5, 0.6) is 0 Å². The molecule has 3 aromatic carbocycles. The van der Waals surface area contributed by atoms with Crippen LogP contribution in [0.15, 0.2) is 84.9 Å². The third-order valence-corrected chi connectivity index (χ3v) is 7.59. The first-order valence-corrected chi connectivity index (χ1v) is 12.9. The summed E-state index contributed by atoms with van der Waals surface area (Å²) < 4.78 is 5.08. The van der Waals surface area contributed by atoms with Crippen LogP contribution >= 0.6 is 23.7 Å². The number of anilines is 1. The van der Waals surface area contributed by atoms with E-state index in [9.17, 15) is 9.59 Å². The van der Waals surface area contributed by atoms with Gasteiger partial charge in [0.2, 0.25) is 5.91 Å². The molecule has 1 N–H and O–H groups in total. The number of hydrogen-bond donors (Lipinski definition) is 1. The summed E-state index contributed by atoms with van der Waals surface area (Å²) in [5.41, 5.74) is 5.93. The topological polar surface area (TPSA) is 58.6 Å². The lowest BCUT2D eigenvalue weighted by Gasteiger charge is -2.27. The second kappa shape index (κ2) is 12.2. The van der Waals surface area contributed by atoms with Gasteiger partial charge in [0, 0.05) is 24.5 Å². The number of carbonyl (C=O) groups is 2. The molecule has 7 heteroatoms. The Kier molecular flexibility index (Phi) is 8.77. The van der Waals surface area contributed by atoms with E-state index < -0.39 is 5.97 Å². The van der Waals surface area contributed by atoms with Crippen LogP contribution in [0, 0.1) is 0 Å². The van der Waals surface area contributed by atoms with Gasteiger partial charge in [-0.2, -0.15) is 0 Å². The molecule has 5 nitrogen and oxygen atoms in total. The lowest BCUT2D eigenvalue weighted by atomic mass is 10.0. The van der Waals surface area contributed by atoms with Crippen LogP contribution < -0.4 is 5.32 Å². The molecule has 0 spiro atoms. The Hall–Kier alpha value is -3.45. The van der Waals surface area contributed by atoms with Crippen LogP contribution in [0.1, 0.15) is 31.9 Å². The van der Waals surface area contributed by atoms with Crippen LogP contribution in [0.2, 0.25) is 0 Å². The number of hydrogen-bond acceptors (Lipinski definition) is 5. The Morgan fingerprint density at radius 1 is 0.892 bits per heavy atom. The van der Waals surface area contributed by atoms with Gasteiger partial charge in [-0.15, -0.1) is 23.7 Å².